The maximum atomic E-state index is 12.0. The molecule has 0 radical (unpaired) electrons. The predicted molar refractivity (Wildman–Crippen MR) is 56.1 cm³/mol. The van der Waals surface area contributed by atoms with Gasteiger partial charge in [0.2, 0.25) is 0 Å². The van der Waals surface area contributed by atoms with Crippen molar-refractivity contribution in [3.8, 4) is 11.5 Å². The van der Waals surface area contributed by atoms with E-state index < -0.39 is 6.36 Å². The van der Waals surface area contributed by atoms with E-state index >= 15 is 0 Å². The van der Waals surface area contributed by atoms with Gasteiger partial charge in [0.25, 0.3) is 0 Å². The van der Waals surface area contributed by atoms with Gasteiger partial charge in [-0.25, -0.2) is 0 Å². The van der Waals surface area contributed by atoms with Crippen molar-refractivity contribution in [2.45, 2.75) is 18.2 Å². The maximum absolute atomic E-state index is 12.0. The zero-order valence-electron chi connectivity index (χ0n) is 8.80. The van der Waals surface area contributed by atoms with Crippen LogP contribution in [0.2, 0.25) is 0 Å². The number of alkyl halides is 3. The SMILES string of the molecule is CCOc1ccc(OC(F)(F)F)c(SC)c1. The number of benzene rings is 1. The van der Waals surface area contributed by atoms with Crippen LogP contribution in [0.4, 0.5) is 13.2 Å². The van der Waals surface area contributed by atoms with Crippen LogP contribution in [-0.2, 0) is 0 Å². The fourth-order valence-corrected chi connectivity index (χ4v) is 1.66. The lowest BCUT2D eigenvalue weighted by Crippen LogP contribution is -2.17. The lowest BCUT2D eigenvalue weighted by atomic mass is 10.3. The van der Waals surface area contributed by atoms with E-state index in [0.29, 0.717) is 17.3 Å². The quantitative estimate of drug-likeness (QED) is 0.761. The molecule has 6 heteroatoms. The topological polar surface area (TPSA) is 18.5 Å². The summed E-state index contributed by atoms with van der Waals surface area (Å²) < 4.78 is 45.2. The first-order valence-corrected chi connectivity index (χ1v) is 5.75. The van der Waals surface area contributed by atoms with E-state index in [1.54, 1.807) is 13.2 Å². The molecule has 0 saturated carbocycles. The molecule has 0 spiro atoms. The van der Waals surface area contributed by atoms with Gasteiger partial charge in [-0.05, 0) is 31.4 Å². The maximum Gasteiger partial charge on any atom is 0.573 e. The van der Waals surface area contributed by atoms with E-state index in [1.807, 2.05) is 0 Å². The molecular weight excluding hydrogens is 241 g/mol. The highest BCUT2D eigenvalue weighted by Gasteiger charge is 2.32. The van der Waals surface area contributed by atoms with Crippen LogP contribution in [0, 0.1) is 0 Å². The molecule has 0 saturated heterocycles. The Morgan fingerprint density at radius 1 is 1.31 bits per heavy atom. The van der Waals surface area contributed by atoms with E-state index in [1.165, 1.54) is 30.0 Å². The van der Waals surface area contributed by atoms with Crippen molar-refractivity contribution in [1.29, 1.82) is 0 Å². The zero-order valence-corrected chi connectivity index (χ0v) is 9.61. The number of ether oxygens (including phenoxy) is 2. The summed E-state index contributed by atoms with van der Waals surface area (Å²) in [5.74, 6) is 0.324. The van der Waals surface area contributed by atoms with Crippen molar-refractivity contribution < 1.29 is 22.6 Å². The highest BCUT2D eigenvalue weighted by Crippen LogP contribution is 2.34. The van der Waals surface area contributed by atoms with Crippen molar-refractivity contribution in [2.75, 3.05) is 12.9 Å². The van der Waals surface area contributed by atoms with Crippen molar-refractivity contribution in [3.05, 3.63) is 18.2 Å². The molecule has 0 bridgehead atoms. The Bertz CT molecular complexity index is 352. The number of thioether (sulfide) groups is 1. The molecule has 0 aromatic heterocycles. The van der Waals surface area contributed by atoms with Gasteiger partial charge < -0.3 is 9.47 Å². The van der Waals surface area contributed by atoms with Crippen molar-refractivity contribution >= 4 is 11.8 Å². The Balaban J connectivity index is 2.93. The van der Waals surface area contributed by atoms with Gasteiger partial charge in [0.15, 0.2) is 0 Å². The molecule has 16 heavy (non-hydrogen) atoms. The number of rotatable bonds is 4. The third-order valence-corrected chi connectivity index (χ3v) is 2.43. The summed E-state index contributed by atoms with van der Waals surface area (Å²) in [7, 11) is 0. The first kappa shape index (κ1) is 13.0. The summed E-state index contributed by atoms with van der Waals surface area (Å²) in [4.78, 5) is 0.392. The molecule has 0 atom stereocenters. The second-order valence-corrected chi connectivity index (χ2v) is 3.64. The van der Waals surface area contributed by atoms with Gasteiger partial charge >= 0.3 is 6.36 Å². The smallest absolute Gasteiger partial charge is 0.494 e. The summed E-state index contributed by atoms with van der Waals surface area (Å²) in [5.41, 5.74) is 0. The largest absolute Gasteiger partial charge is 0.573 e. The molecule has 0 heterocycles. The Hall–Kier alpha value is -1.04. The average Bonchev–Trinajstić information content (AvgIpc) is 2.18. The van der Waals surface area contributed by atoms with Crippen LogP contribution in [0.1, 0.15) is 6.92 Å². The summed E-state index contributed by atoms with van der Waals surface area (Å²) in [5, 5.41) is 0. The molecule has 1 aromatic carbocycles. The molecule has 0 unspecified atom stereocenters. The van der Waals surface area contributed by atoms with E-state index in [0.717, 1.165) is 0 Å². The zero-order chi connectivity index (χ0) is 12.2. The highest BCUT2D eigenvalue weighted by atomic mass is 32.2. The van der Waals surface area contributed by atoms with Crippen LogP contribution in [0.25, 0.3) is 0 Å². The molecule has 0 aliphatic carbocycles. The van der Waals surface area contributed by atoms with Gasteiger partial charge in [0, 0.05) is 0 Å². The number of halogens is 3. The Kier molecular flexibility index (Phi) is 4.35. The van der Waals surface area contributed by atoms with Gasteiger partial charge in [-0.15, -0.1) is 24.9 Å². The molecule has 1 rings (SSSR count). The van der Waals surface area contributed by atoms with Crippen molar-refractivity contribution in [3.63, 3.8) is 0 Å². The molecule has 2 nitrogen and oxygen atoms in total. The Morgan fingerprint density at radius 2 is 2.00 bits per heavy atom. The average molecular weight is 252 g/mol. The van der Waals surface area contributed by atoms with Crippen LogP contribution >= 0.6 is 11.8 Å². The fraction of sp³-hybridized carbons (Fsp3) is 0.400. The van der Waals surface area contributed by atoms with Crippen LogP contribution in [0.15, 0.2) is 23.1 Å². The van der Waals surface area contributed by atoms with Crippen molar-refractivity contribution in [1.82, 2.24) is 0 Å². The standard InChI is InChI=1S/C10H11F3O2S/c1-3-14-7-4-5-8(9(6-7)16-2)15-10(11,12)13/h4-6H,3H2,1-2H3. The molecule has 1 aromatic rings. The predicted octanol–water partition coefficient (Wildman–Crippen LogP) is 3.71. The van der Waals surface area contributed by atoms with Gasteiger partial charge in [-0.3, -0.25) is 0 Å². The minimum atomic E-state index is -4.67. The van der Waals surface area contributed by atoms with Gasteiger partial charge in [-0.2, -0.15) is 0 Å². The van der Waals surface area contributed by atoms with E-state index in [9.17, 15) is 13.2 Å². The number of hydrogen-bond donors (Lipinski definition) is 0. The van der Waals surface area contributed by atoms with Crippen LogP contribution in [-0.4, -0.2) is 19.2 Å². The molecule has 0 aliphatic heterocycles. The van der Waals surface area contributed by atoms with Crippen molar-refractivity contribution in [2.24, 2.45) is 0 Å². The van der Waals surface area contributed by atoms with Crippen LogP contribution in [0.5, 0.6) is 11.5 Å². The molecule has 0 fully saturated rings. The Morgan fingerprint density at radius 3 is 2.50 bits per heavy atom. The number of hydrogen-bond acceptors (Lipinski definition) is 3. The normalized spacial score (nSPS) is 11.3. The molecule has 0 aliphatic rings. The van der Waals surface area contributed by atoms with Crippen LogP contribution < -0.4 is 9.47 Å². The minimum absolute atomic E-state index is 0.205. The van der Waals surface area contributed by atoms with Gasteiger partial charge in [-0.1, -0.05) is 0 Å². The monoisotopic (exact) mass is 252 g/mol. The lowest BCUT2D eigenvalue weighted by Gasteiger charge is -2.13. The summed E-state index contributed by atoms with van der Waals surface area (Å²) in [6, 6.07) is 4.23. The first-order chi connectivity index (χ1) is 7.46. The summed E-state index contributed by atoms with van der Waals surface area (Å²) in [6.45, 7) is 2.27. The summed E-state index contributed by atoms with van der Waals surface area (Å²) >= 11 is 1.17. The van der Waals surface area contributed by atoms with Gasteiger partial charge in [0.1, 0.15) is 11.5 Å². The molecule has 90 valence electrons. The van der Waals surface area contributed by atoms with Gasteiger partial charge in [0.05, 0.1) is 11.5 Å². The third-order valence-electron chi connectivity index (χ3n) is 1.67. The minimum Gasteiger partial charge on any atom is -0.494 e. The molecule has 0 N–H and O–H groups in total. The van der Waals surface area contributed by atoms with E-state index in [4.69, 9.17) is 4.74 Å². The lowest BCUT2D eigenvalue weighted by molar-refractivity contribution is -0.275. The fourth-order valence-electron chi connectivity index (χ4n) is 1.11. The van der Waals surface area contributed by atoms with E-state index in [2.05, 4.69) is 4.74 Å². The Labute approximate surface area is 95.7 Å². The second-order valence-electron chi connectivity index (χ2n) is 2.79. The molecular formula is C10H11F3O2S. The molecule has 0 amide bonds. The highest BCUT2D eigenvalue weighted by molar-refractivity contribution is 7.98. The van der Waals surface area contributed by atoms with Crippen LogP contribution in [0.3, 0.4) is 0 Å². The third kappa shape index (κ3) is 3.84. The first-order valence-electron chi connectivity index (χ1n) is 4.53. The van der Waals surface area contributed by atoms with E-state index in [-0.39, 0.29) is 5.75 Å². The second kappa shape index (κ2) is 5.34. The summed E-state index contributed by atoms with van der Waals surface area (Å²) in [6.07, 6.45) is -2.99.